The van der Waals surface area contributed by atoms with E-state index >= 15 is 8.78 Å². The molecule has 1 saturated carbocycles. The van der Waals surface area contributed by atoms with Crippen LogP contribution in [0.1, 0.15) is 40.7 Å². The van der Waals surface area contributed by atoms with Gasteiger partial charge in [0.2, 0.25) is 5.43 Å². The van der Waals surface area contributed by atoms with E-state index in [1.807, 2.05) is 43.3 Å². The first-order valence-corrected chi connectivity index (χ1v) is 11.5. The molecule has 2 fully saturated rings. The van der Waals surface area contributed by atoms with Crippen LogP contribution in [0.15, 0.2) is 35.3 Å². The molecule has 10 heteroatoms. The summed E-state index contributed by atoms with van der Waals surface area (Å²) in [5.74, 6) is -3.64. The van der Waals surface area contributed by atoms with Crippen LogP contribution in [0.2, 0.25) is 0 Å². The summed E-state index contributed by atoms with van der Waals surface area (Å²) in [6.07, 6.45) is 2.53. The van der Waals surface area contributed by atoms with Gasteiger partial charge in [-0.1, -0.05) is 12.1 Å². The molecule has 2 heterocycles. The van der Waals surface area contributed by atoms with Crippen molar-refractivity contribution in [1.82, 2.24) is 4.57 Å². The molecule has 3 aromatic rings. The fraction of sp³-hybridized carbons (Fsp3) is 0.360. The Morgan fingerprint density at radius 1 is 1.11 bits per heavy atom. The second-order valence-electron chi connectivity index (χ2n) is 9.59. The zero-order chi connectivity index (χ0) is 25.2. The van der Waals surface area contributed by atoms with Crippen LogP contribution in [0, 0.1) is 11.6 Å². The highest BCUT2D eigenvalue weighted by Gasteiger charge is 2.37. The van der Waals surface area contributed by atoms with E-state index in [-0.39, 0.29) is 42.3 Å². The second kappa shape index (κ2) is 8.23. The Hall–Kier alpha value is -3.66. The molecule has 35 heavy (non-hydrogen) atoms. The largest absolute Gasteiger partial charge is 0.477 e. The molecular formula is C25H27F2N5O3. The van der Waals surface area contributed by atoms with Gasteiger partial charge >= 0.3 is 5.97 Å². The number of pyridine rings is 1. The van der Waals surface area contributed by atoms with Gasteiger partial charge in [0.25, 0.3) is 0 Å². The topological polar surface area (TPSA) is 118 Å². The molecule has 2 atom stereocenters. The van der Waals surface area contributed by atoms with Gasteiger partial charge in [-0.3, -0.25) is 4.79 Å². The van der Waals surface area contributed by atoms with Gasteiger partial charge in [0, 0.05) is 57.1 Å². The molecule has 2 aromatic carbocycles. The van der Waals surface area contributed by atoms with Crippen molar-refractivity contribution in [1.29, 1.82) is 0 Å². The Balaban J connectivity index is 1.62. The third-order valence-electron chi connectivity index (χ3n) is 7.05. The van der Waals surface area contributed by atoms with Crippen molar-refractivity contribution in [3.63, 3.8) is 0 Å². The molecule has 1 aliphatic heterocycles. The minimum Gasteiger partial charge on any atom is -0.477 e. The minimum absolute atomic E-state index is 0.163. The lowest BCUT2D eigenvalue weighted by atomic mass is 9.95. The van der Waals surface area contributed by atoms with Crippen molar-refractivity contribution in [2.45, 2.75) is 30.8 Å². The van der Waals surface area contributed by atoms with Gasteiger partial charge < -0.3 is 30.9 Å². The average Bonchev–Trinajstić information content (AvgIpc) is 3.59. The summed E-state index contributed by atoms with van der Waals surface area (Å²) >= 11 is 0. The van der Waals surface area contributed by atoms with Crippen molar-refractivity contribution < 1.29 is 18.7 Å². The molecule has 0 unspecified atom stereocenters. The quantitative estimate of drug-likeness (QED) is 0.478. The van der Waals surface area contributed by atoms with E-state index in [2.05, 4.69) is 0 Å². The average molecular weight is 484 g/mol. The number of carboxylic acids is 1. The predicted octanol–water partition coefficient (Wildman–Crippen LogP) is 2.89. The maximum absolute atomic E-state index is 16.0. The van der Waals surface area contributed by atoms with Crippen LogP contribution in [-0.4, -0.2) is 48.9 Å². The van der Waals surface area contributed by atoms with Gasteiger partial charge in [-0.05, 0) is 30.5 Å². The first kappa shape index (κ1) is 23.1. The fourth-order valence-corrected chi connectivity index (χ4v) is 5.01. The minimum atomic E-state index is -1.47. The van der Waals surface area contributed by atoms with Crippen LogP contribution < -0.4 is 26.7 Å². The molecule has 0 spiro atoms. The number of nitrogens with zero attached hydrogens (tertiary/aromatic N) is 3. The van der Waals surface area contributed by atoms with Crippen molar-refractivity contribution in [3.8, 4) is 0 Å². The summed E-state index contributed by atoms with van der Waals surface area (Å²) in [4.78, 5) is 28.0. The van der Waals surface area contributed by atoms with Crippen molar-refractivity contribution >= 4 is 33.9 Å². The predicted molar refractivity (Wildman–Crippen MR) is 131 cm³/mol. The SMILES string of the molecule is CN(C)c1ccc([C@H]2CN(c3c(F)c(N)c4c(=O)c(C(=O)O)cn(C5CC5)c4c3F)C[C@@H]2N)cc1. The van der Waals surface area contributed by atoms with E-state index in [9.17, 15) is 14.7 Å². The smallest absolute Gasteiger partial charge is 0.341 e. The van der Waals surface area contributed by atoms with E-state index < -0.39 is 39.7 Å². The highest BCUT2D eigenvalue weighted by Crippen LogP contribution is 2.43. The number of hydrogen-bond acceptors (Lipinski definition) is 6. The summed E-state index contributed by atoms with van der Waals surface area (Å²) in [5.41, 5.74) is 11.8. The number of aromatic carboxylic acids is 1. The Morgan fingerprint density at radius 3 is 2.34 bits per heavy atom. The molecule has 2 aliphatic rings. The van der Waals surface area contributed by atoms with Crippen LogP contribution in [0.5, 0.6) is 0 Å². The number of fused-ring (bicyclic) bond motifs is 1. The maximum Gasteiger partial charge on any atom is 0.341 e. The van der Waals surface area contributed by atoms with Gasteiger partial charge in [0.1, 0.15) is 11.3 Å². The number of halogens is 2. The molecule has 1 saturated heterocycles. The number of hydrogen-bond donors (Lipinski definition) is 3. The summed E-state index contributed by atoms with van der Waals surface area (Å²) in [6, 6.07) is 7.30. The van der Waals surface area contributed by atoms with E-state index in [1.54, 1.807) is 0 Å². The molecule has 0 radical (unpaired) electrons. The first-order chi connectivity index (χ1) is 16.6. The molecular weight excluding hydrogens is 456 g/mol. The molecule has 5 rings (SSSR count). The van der Waals surface area contributed by atoms with Crippen molar-refractivity contribution in [2.75, 3.05) is 42.7 Å². The number of nitrogens with two attached hydrogens (primary N) is 2. The van der Waals surface area contributed by atoms with Gasteiger partial charge in [-0.15, -0.1) is 0 Å². The Kier molecular flexibility index (Phi) is 5.43. The monoisotopic (exact) mass is 483 g/mol. The molecule has 0 bridgehead atoms. The highest BCUT2D eigenvalue weighted by atomic mass is 19.1. The van der Waals surface area contributed by atoms with Gasteiger partial charge in [0.05, 0.1) is 16.6 Å². The van der Waals surface area contributed by atoms with Crippen molar-refractivity contribution in [3.05, 3.63) is 63.4 Å². The molecule has 1 aliphatic carbocycles. The molecule has 0 amide bonds. The lowest BCUT2D eigenvalue weighted by molar-refractivity contribution is 0.0695. The van der Waals surface area contributed by atoms with E-state index in [0.717, 1.165) is 17.4 Å². The lowest BCUT2D eigenvalue weighted by Gasteiger charge is -2.24. The van der Waals surface area contributed by atoms with Gasteiger partial charge in [-0.25, -0.2) is 13.6 Å². The highest BCUT2D eigenvalue weighted by molar-refractivity contribution is 5.99. The van der Waals surface area contributed by atoms with Crippen LogP contribution in [0.4, 0.5) is 25.8 Å². The molecule has 1 aromatic heterocycles. The summed E-state index contributed by atoms with van der Waals surface area (Å²) in [6.45, 7) is 0.460. The first-order valence-electron chi connectivity index (χ1n) is 11.5. The van der Waals surface area contributed by atoms with Crippen LogP contribution in [0.25, 0.3) is 10.9 Å². The summed E-state index contributed by atoms with van der Waals surface area (Å²) < 4.78 is 33.0. The number of benzene rings is 2. The molecule has 184 valence electrons. The third kappa shape index (κ3) is 3.68. The number of carboxylic acid groups (broad SMARTS) is 1. The van der Waals surface area contributed by atoms with Crippen LogP contribution in [0.3, 0.4) is 0 Å². The summed E-state index contributed by atoms with van der Waals surface area (Å²) in [7, 11) is 3.88. The fourth-order valence-electron chi connectivity index (χ4n) is 5.01. The zero-order valence-corrected chi connectivity index (χ0v) is 19.5. The van der Waals surface area contributed by atoms with Gasteiger partial charge in [0.15, 0.2) is 11.6 Å². The second-order valence-corrected chi connectivity index (χ2v) is 9.59. The third-order valence-corrected chi connectivity index (χ3v) is 7.05. The standard InChI is InChI=1S/C25H27F2N5O3/c1-30(2)13-5-3-12(4-6-13)15-9-31(11-17(15)28)23-19(26)21(29)18-22(20(23)27)32(14-7-8-14)10-16(24(18)33)25(34)35/h3-6,10,14-15,17H,7-9,11,28-29H2,1-2H3,(H,34,35)/t15-,17+/m1/s1. The summed E-state index contributed by atoms with van der Waals surface area (Å²) in [5, 5.41) is 9.02. The van der Waals surface area contributed by atoms with Gasteiger partial charge in [-0.2, -0.15) is 0 Å². The number of nitrogen functional groups attached to an aromatic ring is 1. The molecule has 5 N–H and O–H groups in total. The Morgan fingerprint density at radius 2 is 1.77 bits per heavy atom. The number of aromatic nitrogens is 1. The van der Waals surface area contributed by atoms with Crippen molar-refractivity contribution in [2.24, 2.45) is 5.73 Å². The Labute approximate surface area is 200 Å². The number of carbonyl (C=O) groups is 1. The van der Waals surface area contributed by atoms with Crippen LogP contribution in [-0.2, 0) is 0 Å². The number of rotatable bonds is 5. The maximum atomic E-state index is 16.0. The lowest BCUT2D eigenvalue weighted by Crippen LogP contribution is -2.30. The van der Waals surface area contributed by atoms with E-state index in [4.69, 9.17) is 11.5 Å². The van der Waals surface area contributed by atoms with E-state index in [1.165, 1.54) is 9.47 Å². The Bertz CT molecular complexity index is 1400. The van der Waals surface area contributed by atoms with Crippen LogP contribution >= 0.6 is 0 Å². The van der Waals surface area contributed by atoms with E-state index in [0.29, 0.717) is 12.8 Å². The number of anilines is 3. The zero-order valence-electron chi connectivity index (χ0n) is 19.5. The molecule has 8 nitrogen and oxygen atoms in total. The normalized spacial score (nSPS) is 20.0.